The number of aromatic carboxylic acids is 1. The van der Waals surface area contributed by atoms with Crippen LogP contribution < -0.4 is 4.35 Å². The third-order valence-corrected chi connectivity index (χ3v) is 6.31. The van der Waals surface area contributed by atoms with E-state index in [1.54, 1.807) is 0 Å². The zero-order chi connectivity index (χ0) is 11.6. The van der Waals surface area contributed by atoms with Gasteiger partial charge in [-0.2, -0.15) is 0 Å². The number of rotatable bonds is 3. The van der Waals surface area contributed by atoms with Crippen molar-refractivity contribution in [2.75, 3.05) is 6.26 Å². The van der Waals surface area contributed by atoms with Crippen molar-refractivity contribution in [1.82, 2.24) is 0 Å². The van der Waals surface area contributed by atoms with Gasteiger partial charge in [0.05, 0.1) is 0 Å². The fourth-order valence-electron chi connectivity index (χ4n) is 0.926. The predicted octanol–water partition coefficient (Wildman–Crippen LogP) is 0.327. The number of carboxylic acid groups (broad SMARTS) is 1. The molecule has 1 aromatic carbocycles. The second-order valence-electron chi connectivity index (χ2n) is 2.79. The molecule has 0 aliphatic heterocycles. The molecular formula is C8H7AsClO4S. The number of carboxylic acids is 1. The average Bonchev–Trinajstić information content (AvgIpc) is 1.99. The normalized spacial score (nSPS) is 12.1. The molecule has 7 heteroatoms. The molecule has 0 unspecified atom stereocenters. The molecule has 0 spiro atoms. The summed E-state index contributed by atoms with van der Waals surface area (Å²) in [6.07, 6.45) is 1.14. The molecule has 81 valence electrons. The molecule has 0 bridgehead atoms. The van der Waals surface area contributed by atoms with Gasteiger partial charge in [0.2, 0.25) is 0 Å². The summed E-state index contributed by atoms with van der Waals surface area (Å²) in [7, 11) is -3.04. The van der Waals surface area contributed by atoms with Crippen LogP contribution in [0, 0.1) is 0 Å². The van der Waals surface area contributed by atoms with Crippen LogP contribution in [0.1, 0.15) is 10.4 Å². The Morgan fingerprint density at radius 1 is 1.47 bits per heavy atom. The first-order valence-corrected chi connectivity index (χ1v) is 9.22. The molecule has 0 aromatic heterocycles. The molecular weight excluding hydrogens is 303 g/mol. The van der Waals surface area contributed by atoms with Gasteiger partial charge in [-0.3, -0.25) is 0 Å². The third kappa shape index (κ3) is 3.86. The molecule has 1 rings (SSSR count). The average molecular weight is 310 g/mol. The van der Waals surface area contributed by atoms with Gasteiger partial charge in [0.25, 0.3) is 0 Å². The fourth-order valence-corrected chi connectivity index (χ4v) is 5.40. The van der Waals surface area contributed by atoms with Crippen LogP contribution in [0.5, 0.6) is 0 Å². The van der Waals surface area contributed by atoms with E-state index in [-0.39, 0.29) is 10.6 Å². The standard InChI is InChI=1S/C8H7AsClO4S/c1-15(13,14)9-5-2-3-6(8(11)12)7(10)4-5/h2-4H,1H3,(H,11,12). The van der Waals surface area contributed by atoms with Crippen molar-refractivity contribution in [3.8, 4) is 0 Å². The van der Waals surface area contributed by atoms with E-state index in [1.807, 2.05) is 0 Å². The summed E-state index contributed by atoms with van der Waals surface area (Å²) in [5, 5.41) is 8.76. The Balaban J connectivity index is 3.07. The Labute approximate surface area is 97.8 Å². The summed E-state index contributed by atoms with van der Waals surface area (Å²) < 4.78 is 22.6. The van der Waals surface area contributed by atoms with Crippen molar-refractivity contribution in [3.05, 3.63) is 28.8 Å². The van der Waals surface area contributed by atoms with E-state index < -0.39 is 28.7 Å². The maximum atomic E-state index is 11.0. The molecule has 0 amide bonds. The number of benzene rings is 1. The molecule has 0 heterocycles. The van der Waals surface area contributed by atoms with Crippen LogP contribution in [-0.4, -0.2) is 40.3 Å². The van der Waals surface area contributed by atoms with Gasteiger partial charge in [-0.05, 0) is 0 Å². The van der Waals surface area contributed by atoms with Crippen LogP contribution in [0.2, 0.25) is 5.02 Å². The molecule has 0 aliphatic carbocycles. The van der Waals surface area contributed by atoms with Gasteiger partial charge < -0.3 is 0 Å². The Morgan fingerprint density at radius 2 is 2.07 bits per heavy atom. The molecule has 0 saturated heterocycles. The van der Waals surface area contributed by atoms with Gasteiger partial charge in [0, 0.05) is 0 Å². The molecule has 0 fully saturated rings. The maximum absolute atomic E-state index is 11.0. The summed E-state index contributed by atoms with van der Waals surface area (Å²) in [5.74, 6) is -1.12. The molecule has 1 radical (unpaired) electrons. The van der Waals surface area contributed by atoms with Crippen LogP contribution in [0.3, 0.4) is 0 Å². The Hall–Kier alpha value is -0.512. The van der Waals surface area contributed by atoms with E-state index in [4.69, 9.17) is 16.7 Å². The quantitative estimate of drug-likeness (QED) is 0.817. The zero-order valence-electron chi connectivity index (χ0n) is 7.64. The Morgan fingerprint density at radius 3 is 2.47 bits per heavy atom. The first kappa shape index (κ1) is 12.6. The van der Waals surface area contributed by atoms with Crippen LogP contribution in [0.25, 0.3) is 0 Å². The monoisotopic (exact) mass is 309 g/mol. The Bertz CT molecular complexity index is 497. The molecule has 0 atom stereocenters. The van der Waals surface area contributed by atoms with Crippen LogP contribution in [-0.2, 0) is 8.10 Å². The van der Waals surface area contributed by atoms with E-state index in [0.717, 1.165) is 6.26 Å². The number of carbonyl (C=O) groups is 1. The van der Waals surface area contributed by atoms with Crippen LogP contribution in [0.4, 0.5) is 0 Å². The van der Waals surface area contributed by atoms with Gasteiger partial charge in [-0.15, -0.1) is 0 Å². The summed E-state index contributed by atoms with van der Waals surface area (Å²) in [4.78, 5) is 10.6. The minimum absolute atomic E-state index is 0.0184. The predicted molar refractivity (Wildman–Crippen MR) is 58.6 cm³/mol. The topological polar surface area (TPSA) is 71.4 Å². The molecule has 0 aliphatic rings. The second kappa shape index (κ2) is 4.56. The van der Waals surface area contributed by atoms with E-state index in [0.29, 0.717) is 4.35 Å². The van der Waals surface area contributed by atoms with Gasteiger partial charge in [-0.1, -0.05) is 0 Å². The van der Waals surface area contributed by atoms with Gasteiger partial charge in [0.1, 0.15) is 0 Å². The van der Waals surface area contributed by atoms with E-state index in [2.05, 4.69) is 0 Å². The molecule has 15 heavy (non-hydrogen) atoms. The summed E-state index contributed by atoms with van der Waals surface area (Å²) in [6, 6.07) is 4.20. The molecule has 1 aromatic rings. The summed E-state index contributed by atoms with van der Waals surface area (Å²) in [6.45, 7) is 0. The number of halogens is 1. The van der Waals surface area contributed by atoms with Crippen LogP contribution >= 0.6 is 11.6 Å². The zero-order valence-corrected chi connectivity index (χ0v) is 11.1. The van der Waals surface area contributed by atoms with Gasteiger partial charge in [0.15, 0.2) is 0 Å². The van der Waals surface area contributed by atoms with Crippen molar-refractivity contribution in [1.29, 1.82) is 0 Å². The first-order chi connectivity index (χ1) is 6.79. The van der Waals surface area contributed by atoms with Gasteiger partial charge in [-0.25, -0.2) is 0 Å². The Kier molecular flexibility index (Phi) is 3.81. The third-order valence-electron chi connectivity index (χ3n) is 1.45. The summed E-state index contributed by atoms with van der Waals surface area (Å²) >= 11 is 4.67. The number of hydrogen-bond donors (Lipinski definition) is 1. The second-order valence-corrected chi connectivity index (χ2v) is 11.3. The van der Waals surface area contributed by atoms with Crippen molar-refractivity contribution in [2.24, 2.45) is 0 Å². The summed E-state index contributed by atoms with van der Waals surface area (Å²) in [5.41, 5.74) is -0.0184. The van der Waals surface area contributed by atoms with E-state index in [9.17, 15) is 13.2 Å². The molecule has 4 nitrogen and oxygen atoms in total. The van der Waals surface area contributed by atoms with Crippen molar-refractivity contribution in [3.63, 3.8) is 0 Å². The first-order valence-electron chi connectivity index (χ1n) is 3.75. The number of hydrogen-bond acceptors (Lipinski definition) is 3. The van der Waals surface area contributed by atoms with Crippen molar-refractivity contribution >= 4 is 44.6 Å². The van der Waals surface area contributed by atoms with E-state index >= 15 is 0 Å². The molecule has 0 saturated carbocycles. The van der Waals surface area contributed by atoms with E-state index in [1.165, 1.54) is 18.2 Å². The van der Waals surface area contributed by atoms with Gasteiger partial charge >= 0.3 is 98.0 Å². The van der Waals surface area contributed by atoms with Crippen molar-refractivity contribution < 1.29 is 18.3 Å². The minimum atomic E-state index is -3.04. The van der Waals surface area contributed by atoms with Crippen molar-refractivity contribution in [2.45, 2.75) is 0 Å². The molecule has 1 N–H and O–H groups in total. The fraction of sp³-hybridized carbons (Fsp3) is 0.125. The SMILES string of the molecule is CS(=O)(=O)[As]c1ccc(C(=O)O)c(Cl)c1. The van der Waals surface area contributed by atoms with Crippen LogP contribution in [0.15, 0.2) is 18.2 Å².